The fraction of sp³-hybridized carbons (Fsp3) is 0.375. The summed E-state index contributed by atoms with van der Waals surface area (Å²) < 4.78 is 5.34. The lowest BCUT2D eigenvalue weighted by Crippen LogP contribution is -2.36. The Morgan fingerprint density at radius 1 is 1.58 bits per heavy atom. The van der Waals surface area contributed by atoms with Crippen LogP contribution < -0.4 is 0 Å². The van der Waals surface area contributed by atoms with Crippen LogP contribution in [0.25, 0.3) is 0 Å². The van der Waals surface area contributed by atoms with Gasteiger partial charge in [-0.1, -0.05) is 23.2 Å². The van der Waals surface area contributed by atoms with Crippen LogP contribution in [-0.4, -0.2) is 17.5 Å². The third-order valence-electron chi connectivity index (χ3n) is 2.06. The molecule has 0 aromatic rings. The topological polar surface area (TPSA) is 26.3 Å². The van der Waals surface area contributed by atoms with E-state index in [1.807, 2.05) is 0 Å². The highest BCUT2D eigenvalue weighted by Crippen LogP contribution is 2.41. The van der Waals surface area contributed by atoms with Crippen LogP contribution in [0.4, 0.5) is 0 Å². The molecule has 0 saturated heterocycles. The molecular formula is C8H6Cl2O2. The van der Waals surface area contributed by atoms with Crippen LogP contribution in [0.15, 0.2) is 22.2 Å². The molecule has 64 valence electrons. The molecule has 0 aromatic heterocycles. The maximum Gasteiger partial charge on any atom is 0.208 e. The zero-order valence-corrected chi connectivity index (χ0v) is 7.82. The molecule has 12 heavy (non-hydrogen) atoms. The van der Waals surface area contributed by atoms with Crippen LogP contribution in [0.2, 0.25) is 0 Å². The zero-order valence-electron chi connectivity index (χ0n) is 6.30. The molecule has 2 aliphatic heterocycles. The molecule has 2 rings (SSSR count). The molecule has 2 nitrogen and oxygen atoms in total. The average molecular weight is 205 g/mol. The first-order valence-corrected chi connectivity index (χ1v) is 4.27. The fourth-order valence-corrected chi connectivity index (χ4v) is 1.83. The molecular weight excluding hydrogens is 199 g/mol. The van der Waals surface area contributed by atoms with Crippen LogP contribution >= 0.6 is 23.2 Å². The Bertz CT molecular complexity index is 319. The van der Waals surface area contributed by atoms with E-state index in [-0.39, 0.29) is 15.8 Å². The largest absolute Gasteiger partial charge is 0.350 e. The normalized spacial score (nSPS) is 39.6. The Kier molecular flexibility index (Phi) is 1.62. The van der Waals surface area contributed by atoms with Crippen molar-refractivity contribution in [3.63, 3.8) is 0 Å². The molecule has 0 fully saturated rings. The van der Waals surface area contributed by atoms with Crippen molar-refractivity contribution in [3.8, 4) is 0 Å². The second kappa shape index (κ2) is 2.34. The number of halogens is 2. The molecule has 0 saturated carbocycles. The molecule has 2 bridgehead atoms. The fourth-order valence-electron chi connectivity index (χ4n) is 1.33. The second-order valence-corrected chi connectivity index (χ2v) is 3.75. The molecule has 4 heteroatoms. The van der Waals surface area contributed by atoms with Crippen molar-refractivity contribution in [2.24, 2.45) is 0 Å². The Labute approximate surface area is 79.8 Å². The van der Waals surface area contributed by atoms with E-state index in [9.17, 15) is 4.79 Å². The van der Waals surface area contributed by atoms with Gasteiger partial charge < -0.3 is 4.74 Å². The molecule has 0 aliphatic carbocycles. The van der Waals surface area contributed by atoms with E-state index in [1.54, 1.807) is 19.1 Å². The van der Waals surface area contributed by atoms with E-state index >= 15 is 0 Å². The van der Waals surface area contributed by atoms with Crippen molar-refractivity contribution in [2.75, 3.05) is 0 Å². The number of carbonyl (C=O) groups excluding carboxylic acids is 1. The first kappa shape index (κ1) is 8.30. The van der Waals surface area contributed by atoms with E-state index < -0.39 is 11.7 Å². The van der Waals surface area contributed by atoms with Gasteiger partial charge in [0.1, 0.15) is 16.7 Å². The molecule has 0 aromatic carbocycles. The third-order valence-corrected chi connectivity index (χ3v) is 3.10. The van der Waals surface area contributed by atoms with Gasteiger partial charge in [-0.25, -0.2) is 0 Å². The van der Waals surface area contributed by atoms with E-state index in [1.165, 1.54) is 0 Å². The molecule has 0 unspecified atom stereocenters. The number of carbonyl (C=O) groups is 1. The number of fused-ring (bicyclic) bond motifs is 2. The summed E-state index contributed by atoms with van der Waals surface area (Å²) in [6.45, 7) is 1.78. The summed E-state index contributed by atoms with van der Waals surface area (Å²) in [6, 6.07) is 0. The van der Waals surface area contributed by atoms with Gasteiger partial charge in [0.25, 0.3) is 0 Å². The lowest BCUT2D eigenvalue weighted by molar-refractivity contribution is -0.128. The Balaban J connectivity index is 2.58. The molecule has 0 spiro atoms. The van der Waals surface area contributed by atoms with Gasteiger partial charge in [-0.2, -0.15) is 0 Å². The molecule has 0 amide bonds. The number of hydrogen-bond acceptors (Lipinski definition) is 2. The highest BCUT2D eigenvalue weighted by atomic mass is 35.5. The van der Waals surface area contributed by atoms with Gasteiger partial charge in [0.05, 0.1) is 5.03 Å². The van der Waals surface area contributed by atoms with E-state index in [2.05, 4.69) is 0 Å². The van der Waals surface area contributed by atoms with Crippen molar-refractivity contribution in [3.05, 3.63) is 22.2 Å². The summed E-state index contributed by atoms with van der Waals surface area (Å²) in [4.78, 5) is 11.3. The van der Waals surface area contributed by atoms with Crippen LogP contribution in [0.5, 0.6) is 0 Å². The Hall–Kier alpha value is -0.310. The second-order valence-electron chi connectivity index (χ2n) is 3.00. The predicted molar refractivity (Wildman–Crippen MR) is 46.2 cm³/mol. The third kappa shape index (κ3) is 0.889. The summed E-state index contributed by atoms with van der Waals surface area (Å²) in [6.07, 6.45) is 2.90. The van der Waals surface area contributed by atoms with Gasteiger partial charge in [0.2, 0.25) is 5.78 Å². The Morgan fingerprint density at radius 2 is 2.25 bits per heavy atom. The van der Waals surface area contributed by atoms with Crippen molar-refractivity contribution in [1.82, 2.24) is 0 Å². The lowest BCUT2D eigenvalue weighted by atomic mass is 10.1. The summed E-state index contributed by atoms with van der Waals surface area (Å²) in [5.41, 5.74) is -0.683. The van der Waals surface area contributed by atoms with Crippen molar-refractivity contribution >= 4 is 29.0 Å². The molecule has 0 radical (unpaired) electrons. The highest BCUT2D eigenvalue weighted by Gasteiger charge is 2.44. The summed E-state index contributed by atoms with van der Waals surface area (Å²) in [5.74, 6) is -0.257. The van der Waals surface area contributed by atoms with E-state index in [4.69, 9.17) is 27.9 Å². The quantitative estimate of drug-likeness (QED) is 0.565. The molecule has 2 atom stereocenters. The maximum absolute atomic E-state index is 11.3. The van der Waals surface area contributed by atoms with Crippen molar-refractivity contribution in [1.29, 1.82) is 0 Å². The van der Waals surface area contributed by atoms with Crippen LogP contribution in [0.3, 0.4) is 0 Å². The first-order valence-electron chi connectivity index (χ1n) is 3.52. The smallest absolute Gasteiger partial charge is 0.208 e. The van der Waals surface area contributed by atoms with Gasteiger partial charge in [-0.15, -0.1) is 0 Å². The first-order chi connectivity index (χ1) is 5.54. The van der Waals surface area contributed by atoms with Gasteiger partial charge in [-0.3, -0.25) is 4.79 Å². The number of Topliss-reactive ketones (excluding diaryl/α,β-unsaturated/α-hetero) is 1. The Morgan fingerprint density at radius 3 is 2.92 bits per heavy atom. The number of ether oxygens (including phenoxy) is 1. The zero-order chi connectivity index (χ0) is 8.93. The number of ketones is 1. The summed E-state index contributed by atoms with van der Waals surface area (Å²) in [5, 5.41) is 0.375. The number of hydrogen-bond donors (Lipinski definition) is 0. The maximum atomic E-state index is 11.3. The number of rotatable bonds is 0. The van der Waals surface area contributed by atoms with Crippen LogP contribution in [0, 0.1) is 0 Å². The van der Waals surface area contributed by atoms with Gasteiger partial charge >= 0.3 is 0 Å². The standard InChI is InChI=1S/C8H6Cl2O2/c1-8-3-2-4(12-8)6(11)5(9)7(8)10/h2-4H,1H3/t4-,8+/m1/s1. The van der Waals surface area contributed by atoms with Crippen LogP contribution in [0.1, 0.15) is 6.92 Å². The van der Waals surface area contributed by atoms with Crippen molar-refractivity contribution < 1.29 is 9.53 Å². The summed E-state index contributed by atoms with van der Waals surface area (Å²) >= 11 is 11.6. The van der Waals surface area contributed by atoms with E-state index in [0.29, 0.717) is 0 Å². The van der Waals surface area contributed by atoms with Crippen molar-refractivity contribution in [2.45, 2.75) is 18.6 Å². The predicted octanol–water partition coefficient (Wildman–Crippen LogP) is 1.97. The lowest BCUT2D eigenvalue weighted by Gasteiger charge is -2.28. The van der Waals surface area contributed by atoms with Crippen LogP contribution in [-0.2, 0) is 9.53 Å². The summed E-state index contributed by atoms with van der Waals surface area (Å²) in [7, 11) is 0. The van der Waals surface area contributed by atoms with Gasteiger partial charge in [-0.05, 0) is 19.1 Å². The molecule has 2 heterocycles. The van der Waals surface area contributed by atoms with Gasteiger partial charge in [0, 0.05) is 0 Å². The highest BCUT2D eigenvalue weighted by molar-refractivity contribution is 6.50. The minimum absolute atomic E-state index is 0.0976. The average Bonchev–Trinajstić information content (AvgIpc) is 2.41. The molecule has 2 aliphatic rings. The SMILES string of the molecule is C[C@@]12C=C[C@@H](O1)C(=O)C(Cl)=C2Cl. The van der Waals surface area contributed by atoms with E-state index in [0.717, 1.165) is 0 Å². The minimum Gasteiger partial charge on any atom is -0.350 e. The monoisotopic (exact) mass is 204 g/mol. The van der Waals surface area contributed by atoms with Gasteiger partial charge in [0.15, 0.2) is 0 Å². The minimum atomic E-state index is -0.683. The molecule has 0 N–H and O–H groups in total.